The molecule has 1 aromatic carbocycles. The summed E-state index contributed by atoms with van der Waals surface area (Å²) in [5.41, 5.74) is 2.50. The molecule has 0 radical (unpaired) electrons. The zero-order chi connectivity index (χ0) is 17.1. The zero-order valence-electron chi connectivity index (χ0n) is 14.9. The third kappa shape index (κ3) is 7.68. The van der Waals surface area contributed by atoms with E-state index in [2.05, 4.69) is 51.7 Å². The Labute approximate surface area is 140 Å². The maximum atomic E-state index is 11.6. The topological polar surface area (TPSA) is 56.7 Å². The first-order valence-electron chi connectivity index (χ1n) is 8.38. The van der Waals surface area contributed by atoms with Gasteiger partial charge >= 0.3 is 0 Å². The Kier molecular flexibility index (Phi) is 8.80. The molecule has 0 saturated heterocycles. The highest BCUT2D eigenvalue weighted by Gasteiger charge is 2.07. The van der Waals surface area contributed by atoms with Crippen molar-refractivity contribution < 1.29 is 4.79 Å². The van der Waals surface area contributed by atoms with E-state index in [0.29, 0.717) is 13.0 Å². The normalized spacial score (nSPS) is 11.2. The predicted octanol–water partition coefficient (Wildman–Crippen LogP) is 2.31. The second-order valence-electron chi connectivity index (χ2n) is 5.68. The lowest BCUT2D eigenvalue weighted by molar-refractivity contribution is -0.120. The van der Waals surface area contributed by atoms with Crippen molar-refractivity contribution in [3.63, 3.8) is 0 Å². The summed E-state index contributed by atoms with van der Waals surface area (Å²) in [5, 5.41) is 6.15. The molecule has 0 fully saturated rings. The molecule has 0 spiro atoms. The van der Waals surface area contributed by atoms with Crippen LogP contribution in [-0.4, -0.2) is 43.4 Å². The highest BCUT2D eigenvalue weighted by molar-refractivity contribution is 5.80. The highest BCUT2D eigenvalue weighted by atomic mass is 16.1. The summed E-state index contributed by atoms with van der Waals surface area (Å²) >= 11 is 0. The number of guanidine groups is 1. The maximum Gasteiger partial charge on any atom is 0.221 e. The summed E-state index contributed by atoms with van der Waals surface area (Å²) in [6, 6.07) is 8.50. The summed E-state index contributed by atoms with van der Waals surface area (Å²) in [5.74, 6) is 0.893. The van der Waals surface area contributed by atoms with E-state index >= 15 is 0 Å². The molecule has 5 heteroatoms. The van der Waals surface area contributed by atoms with Gasteiger partial charge in [-0.3, -0.25) is 9.79 Å². The molecule has 0 atom stereocenters. The Morgan fingerprint density at radius 3 is 2.48 bits per heavy atom. The molecule has 5 nitrogen and oxygen atoms in total. The van der Waals surface area contributed by atoms with Gasteiger partial charge in [0.25, 0.3) is 0 Å². The van der Waals surface area contributed by atoms with Crippen molar-refractivity contribution >= 4 is 11.9 Å². The van der Waals surface area contributed by atoms with Gasteiger partial charge in [0.15, 0.2) is 5.96 Å². The molecular formula is C18H30N4O. The minimum absolute atomic E-state index is 0.0626. The molecule has 1 rings (SSSR count). The summed E-state index contributed by atoms with van der Waals surface area (Å²) in [6.07, 6.45) is 1.38. The first-order chi connectivity index (χ1) is 11.1. The predicted molar refractivity (Wildman–Crippen MR) is 96.5 cm³/mol. The molecule has 0 aliphatic heterocycles. The molecule has 128 valence electrons. The van der Waals surface area contributed by atoms with E-state index in [1.165, 1.54) is 11.1 Å². The van der Waals surface area contributed by atoms with Crippen molar-refractivity contribution in [1.29, 1.82) is 0 Å². The number of carbonyl (C=O) groups is 1. The molecule has 0 heterocycles. The lowest BCUT2D eigenvalue weighted by Gasteiger charge is -2.22. The van der Waals surface area contributed by atoms with Crippen LogP contribution in [0.2, 0.25) is 0 Å². The molecule has 0 aliphatic carbocycles. The van der Waals surface area contributed by atoms with Gasteiger partial charge in [0.05, 0.1) is 6.54 Å². The number of nitrogens with zero attached hydrogens (tertiary/aromatic N) is 2. The third-order valence-electron chi connectivity index (χ3n) is 3.41. The van der Waals surface area contributed by atoms with Crippen LogP contribution >= 0.6 is 0 Å². The van der Waals surface area contributed by atoms with Gasteiger partial charge in [0.2, 0.25) is 5.91 Å². The van der Waals surface area contributed by atoms with Crippen LogP contribution in [-0.2, 0) is 11.3 Å². The quantitative estimate of drug-likeness (QED) is 0.571. The standard InChI is InChI=1S/C18H30N4O/c1-5-12-20-17(23)11-13-21-18(19-6-2)22(4)14-16-9-7-15(3)8-10-16/h7-10H,5-6,11-14H2,1-4H3,(H,19,21)(H,20,23). The number of carbonyl (C=O) groups excluding carboxylic acids is 1. The van der Waals surface area contributed by atoms with Crippen LogP contribution in [0.15, 0.2) is 29.3 Å². The summed E-state index contributed by atoms with van der Waals surface area (Å²) in [7, 11) is 2.01. The fourth-order valence-corrected chi connectivity index (χ4v) is 2.13. The maximum absolute atomic E-state index is 11.6. The summed E-state index contributed by atoms with van der Waals surface area (Å²) in [6.45, 7) is 8.99. The second kappa shape index (κ2) is 10.6. The Hall–Kier alpha value is -2.04. The highest BCUT2D eigenvalue weighted by Crippen LogP contribution is 2.06. The van der Waals surface area contributed by atoms with Crippen molar-refractivity contribution in [2.75, 3.05) is 26.7 Å². The lowest BCUT2D eigenvalue weighted by Crippen LogP contribution is -2.38. The van der Waals surface area contributed by atoms with E-state index in [1.54, 1.807) is 0 Å². The van der Waals surface area contributed by atoms with Crippen LogP contribution in [0.5, 0.6) is 0 Å². The Bertz CT molecular complexity index is 496. The molecule has 0 saturated carbocycles. The van der Waals surface area contributed by atoms with Crippen molar-refractivity contribution in [3.05, 3.63) is 35.4 Å². The minimum Gasteiger partial charge on any atom is -0.357 e. The molecule has 0 bridgehead atoms. The van der Waals surface area contributed by atoms with E-state index in [4.69, 9.17) is 0 Å². The van der Waals surface area contributed by atoms with Crippen LogP contribution in [0, 0.1) is 6.92 Å². The number of benzene rings is 1. The molecule has 1 aromatic rings. The number of hydrogen-bond acceptors (Lipinski definition) is 2. The molecule has 23 heavy (non-hydrogen) atoms. The van der Waals surface area contributed by atoms with E-state index in [9.17, 15) is 4.79 Å². The zero-order valence-corrected chi connectivity index (χ0v) is 14.9. The SMILES string of the molecule is CCCNC(=O)CCN=C(NCC)N(C)Cc1ccc(C)cc1. The van der Waals surface area contributed by atoms with Crippen LogP contribution in [0.3, 0.4) is 0 Å². The van der Waals surface area contributed by atoms with E-state index in [1.807, 2.05) is 20.9 Å². The Balaban J connectivity index is 2.55. The van der Waals surface area contributed by atoms with E-state index in [0.717, 1.165) is 32.0 Å². The smallest absolute Gasteiger partial charge is 0.221 e. The molecule has 2 N–H and O–H groups in total. The van der Waals surface area contributed by atoms with Gasteiger partial charge in [-0.15, -0.1) is 0 Å². The molecular weight excluding hydrogens is 288 g/mol. The van der Waals surface area contributed by atoms with Crippen LogP contribution in [0.1, 0.15) is 37.8 Å². The Morgan fingerprint density at radius 1 is 1.17 bits per heavy atom. The van der Waals surface area contributed by atoms with Crippen molar-refractivity contribution in [2.45, 2.75) is 40.2 Å². The van der Waals surface area contributed by atoms with Crippen molar-refractivity contribution in [2.24, 2.45) is 4.99 Å². The number of nitrogens with one attached hydrogen (secondary N) is 2. The molecule has 0 aliphatic rings. The lowest BCUT2D eigenvalue weighted by atomic mass is 10.1. The number of aliphatic imine (C=N–C) groups is 1. The average molecular weight is 318 g/mol. The molecule has 1 amide bonds. The van der Waals surface area contributed by atoms with Gasteiger partial charge in [-0.05, 0) is 25.8 Å². The van der Waals surface area contributed by atoms with Crippen molar-refractivity contribution in [1.82, 2.24) is 15.5 Å². The van der Waals surface area contributed by atoms with Crippen LogP contribution in [0.4, 0.5) is 0 Å². The van der Waals surface area contributed by atoms with Crippen molar-refractivity contribution in [3.8, 4) is 0 Å². The summed E-state index contributed by atoms with van der Waals surface area (Å²) in [4.78, 5) is 18.2. The van der Waals surface area contributed by atoms with E-state index < -0.39 is 0 Å². The Morgan fingerprint density at radius 2 is 1.87 bits per heavy atom. The average Bonchev–Trinajstić information content (AvgIpc) is 2.54. The van der Waals surface area contributed by atoms with Gasteiger partial charge in [-0.25, -0.2) is 0 Å². The minimum atomic E-state index is 0.0626. The molecule has 0 aromatic heterocycles. The first-order valence-corrected chi connectivity index (χ1v) is 8.38. The number of amides is 1. The van der Waals surface area contributed by atoms with Gasteiger partial charge in [0.1, 0.15) is 0 Å². The summed E-state index contributed by atoms with van der Waals surface area (Å²) < 4.78 is 0. The second-order valence-corrected chi connectivity index (χ2v) is 5.68. The van der Waals surface area contributed by atoms with Gasteiger partial charge in [-0.2, -0.15) is 0 Å². The number of aryl methyl sites for hydroxylation is 1. The third-order valence-corrected chi connectivity index (χ3v) is 3.41. The molecule has 0 unspecified atom stereocenters. The van der Waals surface area contributed by atoms with Gasteiger partial charge in [0, 0.05) is 33.1 Å². The number of rotatable bonds is 8. The monoisotopic (exact) mass is 318 g/mol. The van der Waals surface area contributed by atoms with Gasteiger partial charge in [-0.1, -0.05) is 36.8 Å². The number of hydrogen-bond donors (Lipinski definition) is 2. The van der Waals surface area contributed by atoms with Gasteiger partial charge < -0.3 is 15.5 Å². The van der Waals surface area contributed by atoms with E-state index in [-0.39, 0.29) is 5.91 Å². The van der Waals surface area contributed by atoms with Crippen LogP contribution < -0.4 is 10.6 Å². The van der Waals surface area contributed by atoms with Crippen LogP contribution in [0.25, 0.3) is 0 Å². The first kappa shape index (κ1) is 19.0. The largest absolute Gasteiger partial charge is 0.357 e. The fourth-order valence-electron chi connectivity index (χ4n) is 2.13. The fraction of sp³-hybridized carbons (Fsp3) is 0.556.